The molecule has 0 aromatic carbocycles. The van der Waals surface area contributed by atoms with Gasteiger partial charge in [0, 0.05) is 0 Å². The van der Waals surface area contributed by atoms with Crippen LogP contribution in [0.15, 0.2) is 35.0 Å². The third kappa shape index (κ3) is 13.8. The Morgan fingerprint density at radius 2 is 1.30 bits per heavy atom. The maximum atomic E-state index is 10.5. The van der Waals surface area contributed by atoms with E-state index < -0.39 is 11.8 Å². The van der Waals surface area contributed by atoms with Crippen molar-refractivity contribution in [3.05, 3.63) is 44.8 Å². The second-order valence-electron chi connectivity index (χ2n) is 5.29. The van der Waals surface area contributed by atoms with Gasteiger partial charge in [-0.2, -0.15) is 0 Å². The van der Waals surface area contributed by atoms with E-state index in [1.807, 2.05) is 0 Å². The first-order valence-electron chi connectivity index (χ1n) is 8.77. The van der Waals surface area contributed by atoms with Crippen LogP contribution in [0.2, 0.25) is 8.87 Å². The number of hydrogen-bond donors (Lipinski definition) is 4. The van der Waals surface area contributed by atoms with Crippen molar-refractivity contribution >= 4 is 55.6 Å². The van der Waals surface area contributed by atoms with Gasteiger partial charge in [-0.05, 0) is 22.9 Å². The van der Waals surface area contributed by atoms with E-state index in [0.717, 1.165) is 0 Å². The van der Waals surface area contributed by atoms with E-state index in [0.29, 0.717) is 9.75 Å². The fraction of sp³-hybridized carbons (Fsp3) is 0.444. The fourth-order valence-corrected chi connectivity index (χ4v) is 7.04. The summed E-state index contributed by atoms with van der Waals surface area (Å²) in [5, 5.41) is 19.8. The zero-order valence-corrected chi connectivity index (χ0v) is 20.2. The van der Waals surface area contributed by atoms with Crippen LogP contribution in [0.25, 0.3) is 0 Å². The summed E-state index contributed by atoms with van der Waals surface area (Å²) in [4.78, 5) is 22.1. The normalized spacial score (nSPS) is 9.33. The summed E-state index contributed by atoms with van der Waals surface area (Å²) < 4.78 is 3.25. The van der Waals surface area contributed by atoms with Crippen molar-refractivity contribution in [2.75, 3.05) is 0 Å². The largest absolute Gasteiger partial charge is 0.288 e. The van der Waals surface area contributed by atoms with Crippen molar-refractivity contribution in [2.24, 2.45) is 0 Å². The number of hydroxylamine groups is 2. The van der Waals surface area contributed by atoms with Crippen LogP contribution < -0.4 is 11.0 Å². The van der Waals surface area contributed by atoms with Crippen LogP contribution in [-0.4, -0.2) is 43.4 Å². The van der Waals surface area contributed by atoms with Crippen molar-refractivity contribution in [2.45, 2.75) is 48.4 Å². The minimum absolute atomic E-state index is 0.149. The first-order valence-corrected chi connectivity index (χ1v) is 14.6. The van der Waals surface area contributed by atoms with Gasteiger partial charge < -0.3 is 0 Å². The molecule has 0 fully saturated rings. The molecule has 0 aliphatic heterocycles. The van der Waals surface area contributed by atoms with Crippen molar-refractivity contribution in [1.82, 2.24) is 11.0 Å². The number of amides is 2. The average molecular weight is 519 g/mol. The molecule has 0 saturated carbocycles. The van der Waals surface area contributed by atoms with Gasteiger partial charge in [0.15, 0.2) is 0 Å². The summed E-state index contributed by atoms with van der Waals surface area (Å²) in [5.74, 6) is -0.907. The van der Waals surface area contributed by atoms with E-state index in [-0.39, 0.29) is 21.1 Å². The van der Waals surface area contributed by atoms with Crippen molar-refractivity contribution in [1.29, 1.82) is 0 Å². The Kier molecular flexibility index (Phi) is 17.8. The predicted molar refractivity (Wildman–Crippen MR) is 112 cm³/mol. The van der Waals surface area contributed by atoms with E-state index in [1.54, 1.807) is 43.9 Å². The number of nitrogens with one attached hydrogen (secondary N) is 2. The van der Waals surface area contributed by atoms with Crippen molar-refractivity contribution in [3.63, 3.8) is 0 Å². The maximum Gasteiger partial charge on any atom is 0.284 e. The molecule has 2 aromatic rings. The third-order valence-electron chi connectivity index (χ3n) is 3.11. The molecule has 6 nitrogen and oxygen atoms in total. The summed E-state index contributed by atoms with van der Waals surface area (Å²) in [6.45, 7) is 4.58. The first-order chi connectivity index (χ1) is 13.1. The SMILES string of the molecule is CCC[CH2][Sn][CH2]CCC.O=C(NO)c1cccs1.O=C(NO)c1cccs1. The number of carbonyl (C=O) groups excluding carboxylic acids is 2. The molecule has 27 heavy (non-hydrogen) atoms. The molecule has 2 radical (unpaired) electrons. The number of unbranched alkanes of at least 4 members (excludes halogenated alkanes) is 2. The Hall–Kier alpha value is -0.941. The van der Waals surface area contributed by atoms with Gasteiger partial charge in [-0.1, -0.05) is 12.1 Å². The maximum absolute atomic E-state index is 10.5. The number of rotatable bonds is 8. The minimum atomic E-state index is -0.454. The molecule has 9 heteroatoms. The number of thiophene rings is 2. The van der Waals surface area contributed by atoms with Crippen molar-refractivity contribution < 1.29 is 20.0 Å². The van der Waals surface area contributed by atoms with Gasteiger partial charge in [-0.3, -0.25) is 20.0 Å². The topological polar surface area (TPSA) is 98.7 Å². The van der Waals surface area contributed by atoms with Gasteiger partial charge in [0.2, 0.25) is 0 Å². The van der Waals surface area contributed by atoms with Crippen LogP contribution in [0.5, 0.6) is 0 Å². The number of carbonyl (C=O) groups is 2. The van der Waals surface area contributed by atoms with E-state index in [2.05, 4.69) is 13.8 Å². The molecular formula is C18H28N2O4S2Sn. The fourth-order valence-electron chi connectivity index (χ4n) is 1.65. The molecule has 0 saturated heterocycles. The Balaban J connectivity index is 0.000000376. The molecule has 0 unspecified atom stereocenters. The zero-order valence-electron chi connectivity index (χ0n) is 15.7. The summed E-state index contributed by atoms with van der Waals surface area (Å²) in [5.41, 5.74) is 3.08. The molecule has 150 valence electrons. The Labute approximate surface area is 179 Å². The predicted octanol–water partition coefficient (Wildman–Crippen LogP) is 4.86. The van der Waals surface area contributed by atoms with Gasteiger partial charge >= 0.3 is 69.5 Å². The molecule has 2 aromatic heterocycles. The first kappa shape index (κ1) is 26.1. The summed E-state index contributed by atoms with van der Waals surface area (Å²) in [6, 6.07) is 6.76. The van der Waals surface area contributed by atoms with Crippen LogP contribution in [-0.2, 0) is 0 Å². The Morgan fingerprint density at radius 3 is 1.56 bits per heavy atom. The minimum Gasteiger partial charge on any atom is -0.288 e. The van der Waals surface area contributed by atoms with Gasteiger partial charge in [-0.25, -0.2) is 11.0 Å². The quantitative estimate of drug-likeness (QED) is 0.173. The number of hydrogen-bond acceptors (Lipinski definition) is 6. The summed E-state index contributed by atoms with van der Waals surface area (Å²) >= 11 is 2.72. The van der Waals surface area contributed by atoms with Gasteiger partial charge in [-0.15, -0.1) is 22.7 Å². The molecular weight excluding hydrogens is 491 g/mol. The van der Waals surface area contributed by atoms with Gasteiger partial charge in [0.25, 0.3) is 11.8 Å². The molecule has 0 spiro atoms. The van der Waals surface area contributed by atoms with Crippen LogP contribution >= 0.6 is 22.7 Å². The van der Waals surface area contributed by atoms with Crippen LogP contribution in [0.3, 0.4) is 0 Å². The van der Waals surface area contributed by atoms with Crippen LogP contribution in [0, 0.1) is 0 Å². The van der Waals surface area contributed by atoms with Crippen LogP contribution in [0.1, 0.15) is 58.9 Å². The average Bonchev–Trinajstić information content (AvgIpc) is 3.41. The Bertz CT molecular complexity index is 540. The third-order valence-corrected chi connectivity index (χ3v) is 8.88. The second-order valence-corrected chi connectivity index (χ2v) is 11.5. The van der Waals surface area contributed by atoms with E-state index in [4.69, 9.17) is 10.4 Å². The van der Waals surface area contributed by atoms with Gasteiger partial charge in [0.05, 0.1) is 9.75 Å². The molecule has 2 heterocycles. The van der Waals surface area contributed by atoms with E-state index in [1.165, 1.54) is 59.3 Å². The smallest absolute Gasteiger partial charge is 0.284 e. The van der Waals surface area contributed by atoms with Crippen molar-refractivity contribution in [3.8, 4) is 0 Å². The molecule has 4 N–H and O–H groups in total. The van der Waals surface area contributed by atoms with Gasteiger partial charge in [0.1, 0.15) is 0 Å². The molecule has 2 rings (SSSR count). The van der Waals surface area contributed by atoms with E-state index >= 15 is 0 Å². The van der Waals surface area contributed by atoms with Crippen LogP contribution in [0.4, 0.5) is 0 Å². The standard InChI is InChI=1S/2C5H5NO2S.2C4H9.Sn/c2*7-5(6-8)4-2-1-3-9-4;2*1-3-4-2;/h2*1-3,8H,(H,6,7);2*1,3-4H2,2H3;. The zero-order chi connectivity index (χ0) is 20.3. The molecule has 0 atom stereocenters. The summed E-state index contributed by atoms with van der Waals surface area (Å²) in [7, 11) is 0. The molecule has 0 bridgehead atoms. The summed E-state index contributed by atoms with van der Waals surface area (Å²) in [6.07, 6.45) is 5.84. The molecule has 2 amide bonds. The second kappa shape index (κ2) is 18.4. The molecule has 0 aliphatic carbocycles. The monoisotopic (exact) mass is 520 g/mol. The Morgan fingerprint density at radius 1 is 0.889 bits per heavy atom. The van der Waals surface area contributed by atoms with E-state index in [9.17, 15) is 9.59 Å². The molecule has 0 aliphatic rings.